The first-order chi connectivity index (χ1) is 7.42. The number of hydrogen-bond acceptors (Lipinski definition) is 3. The van der Waals surface area contributed by atoms with Crippen LogP contribution in [0, 0.1) is 5.92 Å². The zero-order valence-electron chi connectivity index (χ0n) is 9.54. The van der Waals surface area contributed by atoms with Crippen molar-refractivity contribution < 1.29 is 5.11 Å². The minimum Gasteiger partial charge on any atom is -0.395 e. The maximum Gasteiger partial charge on any atom is 0.0556 e. The van der Waals surface area contributed by atoms with Gasteiger partial charge in [-0.1, -0.05) is 12.8 Å². The summed E-state index contributed by atoms with van der Waals surface area (Å²) in [4.78, 5) is 0. The highest BCUT2D eigenvalue weighted by atomic mass is 16.3. The monoisotopic (exact) mass is 212 g/mol. The summed E-state index contributed by atoms with van der Waals surface area (Å²) in [5.41, 5.74) is 0. The maximum atomic E-state index is 8.85. The summed E-state index contributed by atoms with van der Waals surface area (Å²) in [5, 5.41) is 16.0. The molecule has 0 radical (unpaired) electrons. The predicted molar refractivity (Wildman–Crippen MR) is 61.9 cm³/mol. The van der Waals surface area contributed by atoms with E-state index in [9.17, 15) is 0 Å². The van der Waals surface area contributed by atoms with Gasteiger partial charge in [0, 0.05) is 18.6 Å². The highest BCUT2D eigenvalue weighted by molar-refractivity contribution is 4.92. The summed E-state index contributed by atoms with van der Waals surface area (Å²) in [6.07, 6.45) is 8.09. The second kappa shape index (κ2) is 5.83. The van der Waals surface area contributed by atoms with Gasteiger partial charge in [-0.25, -0.2) is 0 Å². The molecule has 0 aromatic carbocycles. The van der Waals surface area contributed by atoms with Gasteiger partial charge < -0.3 is 15.7 Å². The van der Waals surface area contributed by atoms with Crippen LogP contribution in [0.5, 0.6) is 0 Å². The van der Waals surface area contributed by atoms with Gasteiger partial charge in [0.1, 0.15) is 0 Å². The molecule has 1 aliphatic carbocycles. The van der Waals surface area contributed by atoms with Gasteiger partial charge in [-0.15, -0.1) is 0 Å². The summed E-state index contributed by atoms with van der Waals surface area (Å²) in [7, 11) is 0. The zero-order chi connectivity index (χ0) is 10.5. The Hall–Kier alpha value is -0.120. The molecule has 15 heavy (non-hydrogen) atoms. The molecule has 0 amide bonds. The molecule has 1 saturated carbocycles. The van der Waals surface area contributed by atoms with Crippen molar-refractivity contribution in [3.8, 4) is 0 Å². The van der Waals surface area contributed by atoms with Crippen LogP contribution in [0.4, 0.5) is 0 Å². The van der Waals surface area contributed by atoms with E-state index in [0.717, 1.165) is 18.5 Å². The van der Waals surface area contributed by atoms with Crippen LogP contribution in [0.2, 0.25) is 0 Å². The number of hydrogen-bond donors (Lipinski definition) is 3. The van der Waals surface area contributed by atoms with Gasteiger partial charge in [0.15, 0.2) is 0 Å². The lowest BCUT2D eigenvalue weighted by molar-refractivity contribution is 0.237. The first-order valence-electron chi connectivity index (χ1n) is 6.49. The normalized spacial score (nSPS) is 37.0. The molecule has 3 nitrogen and oxygen atoms in total. The Balaban J connectivity index is 1.82. The van der Waals surface area contributed by atoms with Crippen LogP contribution in [0.3, 0.4) is 0 Å². The lowest BCUT2D eigenvalue weighted by atomic mass is 9.88. The number of piperidine rings is 1. The minimum atomic E-state index is 0.265. The van der Waals surface area contributed by atoms with E-state index < -0.39 is 0 Å². The Morgan fingerprint density at radius 2 is 2.07 bits per heavy atom. The fourth-order valence-corrected chi connectivity index (χ4v) is 3.22. The van der Waals surface area contributed by atoms with E-state index in [4.69, 9.17) is 5.11 Å². The van der Waals surface area contributed by atoms with Crippen molar-refractivity contribution in [3.63, 3.8) is 0 Å². The van der Waals surface area contributed by atoms with Gasteiger partial charge in [-0.3, -0.25) is 0 Å². The lowest BCUT2D eigenvalue weighted by Gasteiger charge is -2.33. The average Bonchev–Trinajstić information content (AvgIpc) is 2.75. The zero-order valence-corrected chi connectivity index (χ0v) is 9.54. The molecule has 3 unspecified atom stereocenters. The largest absolute Gasteiger partial charge is 0.395 e. The second-order valence-electron chi connectivity index (χ2n) is 4.94. The Kier molecular flexibility index (Phi) is 4.42. The van der Waals surface area contributed by atoms with E-state index in [2.05, 4.69) is 10.6 Å². The maximum absolute atomic E-state index is 8.85. The molecular weight excluding hydrogens is 188 g/mol. The number of rotatable bonds is 4. The standard InChI is InChI=1S/C12H24N2O/c15-9-8-14-12-6-3-4-10(12)11-5-1-2-7-13-11/h10-15H,1-9H2. The highest BCUT2D eigenvalue weighted by Gasteiger charge is 2.33. The van der Waals surface area contributed by atoms with Crippen molar-refractivity contribution in [2.24, 2.45) is 5.92 Å². The summed E-state index contributed by atoms with van der Waals surface area (Å²) in [6.45, 7) is 2.23. The molecule has 3 heteroatoms. The molecule has 1 heterocycles. The van der Waals surface area contributed by atoms with Crippen LogP contribution in [0.1, 0.15) is 38.5 Å². The molecule has 0 aromatic heterocycles. The van der Waals surface area contributed by atoms with Crippen molar-refractivity contribution in [1.29, 1.82) is 0 Å². The molecule has 2 fully saturated rings. The third-order valence-corrected chi connectivity index (χ3v) is 3.95. The van der Waals surface area contributed by atoms with Crippen molar-refractivity contribution in [1.82, 2.24) is 10.6 Å². The number of nitrogens with one attached hydrogen (secondary N) is 2. The molecule has 3 N–H and O–H groups in total. The van der Waals surface area contributed by atoms with Gasteiger partial charge in [-0.2, -0.15) is 0 Å². The Morgan fingerprint density at radius 1 is 1.13 bits per heavy atom. The summed E-state index contributed by atoms with van der Waals surface area (Å²) in [6, 6.07) is 1.38. The molecule has 1 saturated heterocycles. The molecule has 88 valence electrons. The van der Waals surface area contributed by atoms with Gasteiger partial charge in [0.2, 0.25) is 0 Å². The van der Waals surface area contributed by atoms with E-state index >= 15 is 0 Å². The molecular formula is C12H24N2O. The van der Waals surface area contributed by atoms with Crippen LogP contribution < -0.4 is 10.6 Å². The lowest BCUT2D eigenvalue weighted by Crippen LogP contribution is -2.47. The molecule has 2 aliphatic rings. The van der Waals surface area contributed by atoms with Crippen molar-refractivity contribution in [2.45, 2.75) is 50.6 Å². The van der Waals surface area contributed by atoms with Crippen LogP contribution >= 0.6 is 0 Å². The van der Waals surface area contributed by atoms with E-state index in [1.807, 2.05) is 0 Å². The fourth-order valence-electron chi connectivity index (χ4n) is 3.22. The van der Waals surface area contributed by atoms with Gasteiger partial charge in [-0.05, 0) is 38.1 Å². The SMILES string of the molecule is OCCNC1CCCC1C1CCCCN1. The van der Waals surface area contributed by atoms with Crippen LogP contribution in [0.15, 0.2) is 0 Å². The Morgan fingerprint density at radius 3 is 2.80 bits per heavy atom. The second-order valence-corrected chi connectivity index (χ2v) is 4.94. The first kappa shape index (κ1) is 11.4. The van der Waals surface area contributed by atoms with E-state index in [1.54, 1.807) is 0 Å². The van der Waals surface area contributed by atoms with Crippen LogP contribution in [0.25, 0.3) is 0 Å². The summed E-state index contributed by atoms with van der Waals surface area (Å²) in [5.74, 6) is 0.803. The van der Waals surface area contributed by atoms with Gasteiger partial charge in [0.05, 0.1) is 6.61 Å². The fraction of sp³-hybridized carbons (Fsp3) is 1.00. The molecule has 1 aliphatic heterocycles. The minimum absolute atomic E-state index is 0.265. The number of aliphatic hydroxyl groups is 1. The van der Waals surface area contributed by atoms with Gasteiger partial charge >= 0.3 is 0 Å². The van der Waals surface area contributed by atoms with Gasteiger partial charge in [0.25, 0.3) is 0 Å². The smallest absolute Gasteiger partial charge is 0.0556 e. The van der Waals surface area contributed by atoms with Crippen LogP contribution in [-0.4, -0.2) is 36.9 Å². The first-order valence-corrected chi connectivity index (χ1v) is 6.49. The van der Waals surface area contributed by atoms with E-state index in [0.29, 0.717) is 6.04 Å². The highest BCUT2D eigenvalue weighted by Crippen LogP contribution is 2.31. The summed E-state index contributed by atoms with van der Waals surface area (Å²) >= 11 is 0. The Bertz CT molecular complexity index is 180. The number of aliphatic hydroxyl groups excluding tert-OH is 1. The molecule has 0 bridgehead atoms. The average molecular weight is 212 g/mol. The third-order valence-electron chi connectivity index (χ3n) is 3.95. The van der Waals surface area contributed by atoms with Crippen molar-refractivity contribution in [3.05, 3.63) is 0 Å². The van der Waals surface area contributed by atoms with Crippen LogP contribution in [-0.2, 0) is 0 Å². The van der Waals surface area contributed by atoms with Crippen molar-refractivity contribution >= 4 is 0 Å². The molecule has 3 atom stereocenters. The summed E-state index contributed by atoms with van der Waals surface area (Å²) < 4.78 is 0. The Labute approximate surface area is 92.6 Å². The topological polar surface area (TPSA) is 44.3 Å². The molecule has 0 aromatic rings. The quantitative estimate of drug-likeness (QED) is 0.648. The van der Waals surface area contributed by atoms with Crippen molar-refractivity contribution in [2.75, 3.05) is 19.7 Å². The van der Waals surface area contributed by atoms with E-state index in [-0.39, 0.29) is 6.61 Å². The van der Waals surface area contributed by atoms with E-state index in [1.165, 1.54) is 45.1 Å². The third kappa shape index (κ3) is 2.92. The predicted octanol–water partition coefficient (Wildman–Crippen LogP) is 0.879. The molecule has 2 rings (SSSR count). The molecule has 0 spiro atoms.